The zero-order chi connectivity index (χ0) is 26.3. The minimum absolute atomic E-state index is 0.0680. The van der Waals surface area contributed by atoms with Crippen LogP contribution in [0.2, 0.25) is 0 Å². The molecule has 0 saturated carbocycles. The van der Waals surface area contributed by atoms with Crippen LogP contribution in [0.15, 0.2) is 36.8 Å². The summed E-state index contributed by atoms with van der Waals surface area (Å²) >= 11 is 0. The van der Waals surface area contributed by atoms with E-state index >= 15 is 0 Å². The van der Waals surface area contributed by atoms with Gasteiger partial charge >= 0.3 is 0 Å². The van der Waals surface area contributed by atoms with E-state index in [1.54, 1.807) is 30.6 Å². The molecular formula is C26H31FN6O4. The average Bonchev–Trinajstić information content (AvgIpc) is 3.41. The van der Waals surface area contributed by atoms with Gasteiger partial charge in [-0.25, -0.2) is 13.9 Å². The molecule has 196 valence electrons. The molecule has 4 heterocycles. The van der Waals surface area contributed by atoms with Crippen LogP contribution in [0, 0.1) is 0 Å². The number of aliphatic hydroxyl groups is 1. The minimum atomic E-state index is -1.61. The summed E-state index contributed by atoms with van der Waals surface area (Å²) in [6.45, 7) is 4.45. The lowest BCUT2D eigenvalue weighted by atomic mass is 10.0. The number of alkyl halides is 1. The highest BCUT2D eigenvalue weighted by Crippen LogP contribution is 2.36. The van der Waals surface area contributed by atoms with E-state index in [-0.39, 0.29) is 25.1 Å². The summed E-state index contributed by atoms with van der Waals surface area (Å²) in [6, 6.07) is 5.07. The van der Waals surface area contributed by atoms with Crippen LogP contribution in [0.5, 0.6) is 5.75 Å². The third-order valence-electron chi connectivity index (χ3n) is 6.96. The maximum atomic E-state index is 14.6. The van der Waals surface area contributed by atoms with Crippen molar-refractivity contribution in [1.29, 1.82) is 0 Å². The quantitative estimate of drug-likeness (QED) is 0.502. The molecule has 10 nitrogen and oxygen atoms in total. The third-order valence-corrected chi connectivity index (χ3v) is 6.96. The number of amides is 2. The Kier molecular flexibility index (Phi) is 6.59. The molecule has 5 rings (SSSR count). The van der Waals surface area contributed by atoms with Gasteiger partial charge in [-0.2, -0.15) is 5.10 Å². The zero-order valence-corrected chi connectivity index (χ0v) is 21.1. The second-order valence-electron chi connectivity index (χ2n) is 10.3. The fourth-order valence-corrected chi connectivity index (χ4v) is 4.62. The van der Waals surface area contributed by atoms with E-state index in [1.807, 2.05) is 0 Å². The van der Waals surface area contributed by atoms with E-state index in [0.29, 0.717) is 33.8 Å². The fraction of sp³-hybridized carbons (Fsp3) is 0.462. The Hall–Kier alpha value is -3.57. The monoisotopic (exact) mass is 510 g/mol. The standard InChI is InChI=1S/C26H31FN6O4/c1-26(2,36)22(27)15-32-14-16-11-20(30-24(34)19-13-29-33-8-4-7-28-23(19)33)21(12-18(16)25(32)35)37-17-5-9-31(3)10-6-17/h4,7-8,11-13,17,22,36H,5-6,9-10,14-15H2,1-3H3,(H,30,34)/t22-/m1/s1. The van der Waals surface area contributed by atoms with Gasteiger partial charge in [-0.1, -0.05) is 0 Å². The third kappa shape index (κ3) is 5.14. The van der Waals surface area contributed by atoms with Gasteiger partial charge in [0.1, 0.15) is 23.6 Å². The number of piperidine rings is 1. The van der Waals surface area contributed by atoms with Crippen molar-refractivity contribution < 1.29 is 23.8 Å². The van der Waals surface area contributed by atoms with Gasteiger partial charge in [-0.05, 0) is 57.5 Å². The van der Waals surface area contributed by atoms with E-state index in [1.165, 1.54) is 29.5 Å². The molecule has 2 aliphatic rings. The number of nitrogens with zero attached hydrogens (tertiary/aromatic N) is 5. The average molecular weight is 511 g/mol. The second-order valence-corrected chi connectivity index (χ2v) is 10.3. The van der Waals surface area contributed by atoms with E-state index in [4.69, 9.17) is 4.74 Å². The highest BCUT2D eigenvalue weighted by molar-refractivity contribution is 6.09. The SMILES string of the molecule is CN1CCC(Oc2cc3c(cc2NC(=O)c2cnn4cccnc24)CN(C[C@@H](F)C(C)(C)O)C3=O)CC1. The van der Waals surface area contributed by atoms with Crippen LogP contribution in [0.25, 0.3) is 5.65 Å². The van der Waals surface area contributed by atoms with Gasteiger partial charge in [-0.15, -0.1) is 0 Å². The van der Waals surface area contributed by atoms with E-state index < -0.39 is 17.7 Å². The molecule has 11 heteroatoms. The molecule has 2 N–H and O–H groups in total. The van der Waals surface area contributed by atoms with Crippen LogP contribution < -0.4 is 10.1 Å². The van der Waals surface area contributed by atoms with Gasteiger partial charge in [0.05, 0.1) is 24.0 Å². The van der Waals surface area contributed by atoms with E-state index in [9.17, 15) is 19.1 Å². The lowest BCUT2D eigenvalue weighted by molar-refractivity contribution is -0.0159. The lowest BCUT2D eigenvalue weighted by Gasteiger charge is -2.30. The highest BCUT2D eigenvalue weighted by Gasteiger charge is 2.35. The summed E-state index contributed by atoms with van der Waals surface area (Å²) in [5, 5.41) is 17.1. The molecular weight excluding hydrogens is 479 g/mol. The topological polar surface area (TPSA) is 112 Å². The van der Waals surface area contributed by atoms with Crippen molar-refractivity contribution in [2.75, 3.05) is 32.0 Å². The Morgan fingerprint density at radius 3 is 2.81 bits per heavy atom. The van der Waals surface area contributed by atoms with Crippen molar-refractivity contribution >= 4 is 23.1 Å². The van der Waals surface area contributed by atoms with Crippen LogP contribution >= 0.6 is 0 Å². The van der Waals surface area contributed by atoms with Crippen molar-refractivity contribution in [2.45, 2.75) is 51.1 Å². The number of rotatable bonds is 7. The molecule has 2 aromatic heterocycles. The summed E-state index contributed by atoms with van der Waals surface area (Å²) in [4.78, 5) is 34.2. The molecule has 0 spiro atoms. The maximum Gasteiger partial charge on any atom is 0.261 e. The van der Waals surface area contributed by atoms with Crippen molar-refractivity contribution in [3.63, 3.8) is 0 Å². The van der Waals surface area contributed by atoms with Crippen molar-refractivity contribution in [1.82, 2.24) is 24.4 Å². The van der Waals surface area contributed by atoms with Crippen molar-refractivity contribution in [3.8, 4) is 5.75 Å². The smallest absolute Gasteiger partial charge is 0.261 e. The van der Waals surface area contributed by atoms with Crippen LogP contribution in [0.4, 0.5) is 10.1 Å². The molecule has 0 aliphatic carbocycles. The summed E-state index contributed by atoms with van der Waals surface area (Å²) in [6.07, 6.45) is 4.69. The number of likely N-dealkylation sites (tertiary alicyclic amines) is 1. The molecule has 0 unspecified atom stereocenters. The van der Waals surface area contributed by atoms with Gasteiger partial charge in [0.25, 0.3) is 11.8 Å². The normalized spacial score (nSPS) is 17.8. The molecule has 3 aromatic rings. The minimum Gasteiger partial charge on any atom is -0.488 e. The predicted molar refractivity (Wildman–Crippen MR) is 134 cm³/mol. The summed E-state index contributed by atoms with van der Waals surface area (Å²) < 4.78 is 22.4. The predicted octanol–water partition coefficient (Wildman–Crippen LogP) is 2.52. The Labute approximate surface area is 214 Å². The fourth-order valence-electron chi connectivity index (χ4n) is 4.62. The number of hydrogen-bond acceptors (Lipinski definition) is 7. The molecule has 1 saturated heterocycles. The van der Waals surface area contributed by atoms with Gasteiger partial charge in [0, 0.05) is 37.6 Å². The van der Waals surface area contributed by atoms with Crippen LogP contribution in [0.3, 0.4) is 0 Å². The second kappa shape index (κ2) is 9.71. The van der Waals surface area contributed by atoms with Gasteiger partial charge in [0.2, 0.25) is 0 Å². The number of benzene rings is 1. The molecule has 1 fully saturated rings. The van der Waals surface area contributed by atoms with Crippen LogP contribution in [-0.2, 0) is 6.54 Å². The Morgan fingerprint density at radius 1 is 1.32 bits per heavy atom. The van der Waals surface area contributed by atoms with Crippen LogP contribution in [0.1, 0.15) is 53.0 Å². The number of nitrogens with one attached hydrogen (secondary N) is 1. The first kappa shape index (κ1) is 25.1. The first-order valence-electron chi connectivity index (χ1n) is 12.4. The van der Waals surface area contributed by atoms with E-state index in [0.717, 1.165) is 25.9 Å². The number of aromatic nitrogens is 3. The summed E-state index contributed by atoms with van der Waals surface area (Å²) in [5.41, 5.74) is 0.625. The Bertz CT molecular complexity index is 1330. The number of fused-ring (bicyclic) bond motifs is 2. The molecule has 1 aromatic carbocycles. The Morgan fingerprint density at radius 2 is 2.08 bits per heavy atom. The van der Waals surface area contributed by atoms with Crippen LogP contribution in [-0.4, -0.2) is 85.9 Å². The molecule has 2 amide bonds. The Balaban J connectivity index is 1.44. The molecule has 0 radical (unpaired) electrons. The number of anilines is 1. The van der Waals surface area contributed by atoms with Crippen molar-refractivity contribution in [3.05, 3.63) is 53.5 Å². The molecule has 1 atom stereocenters. The first-order valence-corrected chi connectivity index (χ1v) is 12.4. The van der Waals surface area contributed by atoms with Crippen molar-refractivity contribution in [2.24, 2.45) is 0 Å². The summed E-state index contributed by atoms with van der Waals surface area (Å²) in [7, 11) is 2.06. The van der Waals surface area contributed by atoms with Gasteiger partial charge < -0.3 is 25.0 Å². The maximum absolute atomic E-state index is 14.6. The zero-order valence-electron chi connectivity index (χ0n) is 21.1. The first-order chi connectivity index (χ1) is 17.6. The number of carbonyl (C=O) groups excluding carboxylic acids is 2. The molecule has 0 bridgehead atoms. The molecule has 37 heavy (non-hydrogen) atoms. The number of halogens is 1. The number of carbonyl (C=O) groups is 2. The van der Waals surface area contributed by atoms with Gasteiger partial charge in [0.15, 0.2) is 5.65 Å². The number of ether oxygens (including phenoxy) is 1. The number of hydrogen-bond donors (Lipinski definition) is 2. The summed E-state index contributed by atoms with van der Waals surface area (Å²) in [5.74, 6) is -0.352. The van der Waals surface area contributed by atoms with E-state index in [2.05, 4.69) is 27.3 Å². The highest BCUT2D eigenvalue weighted by atomic mass is 19.1. The van der Waals surface area contributed by atoms with Gasteiger partial charge in [-0.3, -0.25) is 9.59 Å². The largest absolute Gasteiger partial charge is 0.488 e. The molecule has 2 aliphatic heterocycles. The lowest BCUT2D eigenvalue weighted by Crippen LogP contribution is -2.42.